The molecule has 0 unspecified atom stereocenters. The van der Waals surface area contributed by atoms with Gasteiger partial charge in [0, 0.05) is 10.2 Å². The summed E-state index contributed by atoms with van der Waals surface area (Å²) < 4.78 is 32.9. The molecule has 2 aromatic carbocycles. The molecule has 0 saturated heterocycles. The first-order valence-corrected chi connectivity index (χ1v) is 8.41. The zero-order valence-corrected chi connectivity index (χ0v) is 13.4. The summed E-state index contributed by atoms with van der Waals surface area (Å²) in [6.07, 6.45) is 0. The van der Waals surface area contributed by atoms with Gasteiger partial charge in [0.2, 0.25) is 0 Å². The molecule has 2 N–H and O–H groups in total. The number of rotatable bonds is 6. The van der Waals surface area contributed by atoms with Crippen molar-refractivity contribution in [3.05, 3.63) is 53.0 Å². The fraction of sp³-hybridized carbons (Fsp3) is 0.143. The molecule has 0 amide bonds. The predicted octanol–water partition coefficient (Wildman–Crippen LogP) is 2.62. The Balaban J connectivity index is 2.15. The smallest absolute Gasteiger partial charge is 0.261 e. The van der Waals surface area contributed by atoms with Crippen molar-refractivity contribution in [1.29, 1.82) is 0 Å². The lowest BCUT2D eigenvalue weighted by molar-refractivity contribution is 0.201. The molecular weight excluding hydrogens is 358 g/mol. The van der Waals surface area contributed by atoms with E-state index in [9.17, 15) is 8.42 Å². The van der Waals surface area contributed by atoms with Gasteiger partial charge in [-0.25, -0.2) is 8.42 Å². The summed E-state index contributed by atoms with van der Waals surface area (Å²) in [6.45, 7) is 0.0763. The number of sulfonamides is 1. The summed E-state index contributed by atoms with van der Waals surface area (Å²) in [7, 11) is -3.64. The van der Waals surface area contributed by atoms with Crippen LogP contribution in [0.15, 0.2) is 57.9 Å². The van der Waals surface area contributed by atoms with Crippen molar-refractivity contribution >= 4 is 31.6 Å². The fourth-order valence-corrected chi connectivity index (χ4v) is 3.09. The predicted molar refractivity (Wildman–Crippen MR) is 84.0 cm³/mol. The Hall–Kier alpha value is -1.57. The lowest BCUT2D eigenvalue weighted by Gasteiger charge is -2.09. The van der Waals surface area contributed by atoms with E-state index in [0.29, 0.717) is 11.4 Å². The first-order chi connectivity index (χ1) is 10.0. The largest absolute Gasteiger partial charge is 0.491 e. The Morgan fingerprint density at radius 2 is 1.86 bits per heavy atom. The number of ether oxygens (including phenoxy) is 1. The summed E-state index contributed by atoms with van der Waals surface area (Å²) in [5, 5.41) is 8.66. The van der Waals surface area contributed by atoms with Gasteiger partial charge in [0.1, 0.15) is 12.4 Å². The molecule has 0 heterocycles. The second-order valence-electron chi connectivity index (χ2n) is 4.16. The third-order valence-corrected chi connectivity index (χ3v) is 4.46. The van der Waals surface area contributed by atoms with E-state index in [0.717, 1.165) is 4.47 Å². The van der Waals surface area contributed by atoms with Crippen LogP contribution in [-0.2, 0) is 10.0 Å². The molecule has 21 heavy (non-hydrogen) atoms. The molecule has 0 aliphatic heterocycles. The Morgan fingerprint density at radius 1 is 1.14 bits per heavy atom. The minimum Gasteiger partial charge on any atom is -0.491 e. The van der Waals surface area contributed by atoms with Gasteiger partial charge in [-0.15, -0.1) is 0 Å². The van der Waals surface area contributed by atoms with Crippen LogP contribution < -0.4 is 9.46 Å². The summed E-state index contributed by atoms with van der Waals surface area (Å²) >= 11 is 3.29. The van der Waals surface area contributed by atoms with Crippen molar-refractivity contribution in [3.8, 4) is 5.75 Å². The molecule has 5 nitrogen and oxygen atoms in total. The van der Waals surface area contributed by atoms with Crippen molar-refractivity contribution in [1.82, 2.24) is 0 Å². The van der Waals surface area contributed by atoms with Gasteiger partial charge in [-0.05, 0) is 42.5 Å². The number of aliphatic hydroxyl groups excluding tert-OH is 1. The highest BCUT2D eigenvalue weighted by Gasteiger charge is 2.14. The summed E-state index contributed by atoms with van der Waals surface area (Å²) in [4.78, 5) is 0.138. The fourth-order valence-electron chi connectivity index (χ4n) is 1.64. The van der Waals surface area contributed by atoms with Gasteiger partial charge in [-0.1, -0.05) is 22.0 Å². The Labute approximate surface area is 131 Å². The van der Waals surface area contributed by atoms with Gasteiger partial charge >= 0.3 is 0 Å². The van der Waals surface area contributed by atoms with Crippen LogP contribution in [0.1, 0.15) is 0 Å². The van der Waals surface area contributed by atoms with Gasteiger partial charge in [0.25, 0.3) is 10.0 Å². The van der Waals surface area contributed by atoms with E-state index < -0.39 is 10.0 Å². The highest BCUT2D eigenvalue weighted by Crippen LogP contribution is 2.21. The van der Waals surface area contributed by atoms with Crippen LogP contribution >= 0.6 is 15.9 Å². The van der Waals surface area contributed by atoms with Gasteiger partial charge in [-0.2, -0.15) is 0 Å². The summed E-state index contributed by atoms with van der Waals surface area (Å²) in [5.41, 5.74) is 0.477. The first kappa shape index (κ1) is 15.8. The molecule has 0 aliphatic carbocycles. The number of hydrogen-bond acceptors (Lipinski definition) is 4. The molecule has 0 radical (unpaired) electrons. The zero-order chi connectivity index (χ0) is 15.3. The standard InChI is InChI=1S/C14H14BrNO4S/c15-11-2-1-3-12(10-11)16-21(18,19)14-6-4-13(5-7-14)20-9-8-17/h1-7,10,16-17H,8-9H2. The van der Waals surface area contributed by atoms with Crippen LogP contribution in [0.3, 0.4) is 0 Å². The van der Waals surface area contributed by atoms with Gasteiger partial charge in [0.15, 0.2) is 0 Å². The minimum absolute atomic E-state index is 0.0928. The number of benzene rings is 2. The maximum atomic E-state index is 12.2. The molecule has 2 aromatic rings. The highest BCUT2D eigenvalue weighted by molar-refractivity contribution is 9.10. The Morgan fingerprint density at radius 3 is 2.48 bits per heavy atom. The molecule has 0 atom stereocenters. The van der Waals surface area contributed by atoms with Crippen molar-refractivity contribution in [3.63, 3.8) is 0 Å². The Bertz CT molecular complexity index is 701. The van der Waals surface area contributed by atoms with Crippen LogP contribution in [0.25, 0.3) is 0 Å². The second-order valence-corrected chi connectivity index (χ2v) is 6.76. The lowest BCUT2D eigenvalue weighted by atomic mass is 10.3. The monoisotopic (exact) mass is 371 g/mol. The van der Waals surface area contributed by atoms with Crippen LogP contribution in [0.4, 0.5) is 5.69 Å². The third kappa shape index (κ3) is 4.45. The average Bonchev–Trinajstić information content (AvgIpc) is 2.45. The van der Waals surface area contributed by atoms with E-state index in [1.807, 2.05) is 6.07 Å². The van der Waals surface area contributed by atoms with Crippen molar-refractivity contribution < 1.29 is 18.3 Å². The molecule has 0 aliphatic rings. The van der Waals surface area contributed by atoms with Crippen LogP contribution in [0, 0.1) is 0 Å². The van der Waals surface area contributed by atoms with Crippen LogP contribution in [0.5, 0.6) is 5.75 Å². The first-order valence-electron chi connectivity index (χ1n) is 6.13. The summed E-state index contributed by atoms with van der Waals surface area (Å²) in [5.74, 6) is 0.505. The molecule has 0 bridgehead atoms. The van der Waals surface area contributed by atoms with E-state index in [4.69, 9.17) is 9.84 Å². The van der Waals surface area contributed by atoms with Gasteiger partial charge in [0.05, 0.1) is 11.5 Å². The number of anilines is 1. The molecule has 0 aromatic heterocycles. The van der Waals surface area contributed by atoms with Crippen molar-refractivity contribution in [2.24, 2.45) is 0 Å². The van der Waals surface area contributed by atoms with Crippen LogP contribution in [0.2, 0.25) is 0 Å². The van der Waals surface area contributed by atoms with E-state index in [-0.39, 0.29) is 18.1 Å². The number of hydrogen-bond donors (Lipinski definition) is 2. The molecule has 2 rings (SSSR count). The molecule has 7 heteroatoms. The molecule has 112 valence electrons. The molecular formula is C14H14BrNO4S. The number of nitrogens with one attached hydrogen (secondary N) is 1. The van der Waals surface area contributed by atoms with E-state index in [1.165, 1.54) is 12.1 Å². The minimum atomic E-state index is -3.64. The van der Waals surface area contributed by atoms with Crippen LogP contribution in [-0.4, -0.2) is 26.7 Å². The third-order valence-electron chi connectivity index (χ3n) is 2.57. The maximum Gasteiger partial charge on any atom is 0.261 e. The Kier molecular flexibility index (Phi) is 5.22. The normalized spacial score (nSPS) is 11.1. The van der Waals surface area contributed by atoms with Crippen molar-refractivity contribution in [2.45, 2.75) is 4.90 Å². The zero-order valence-electron chi connectivity index (χ0n) is 11.0. The highest BCUT2D eigenvalue weighted by atomic mass is 79.9. The molecule has 0 spiro atoms. The molecule has 0 saturated carbocycles. The van der Waals surface area contributed by atoms with Gasteiger partial charge in [-0.3, -0.25) is 4.72 Å². The van der Waals surface area contributed by atoms with Crippen molar-refractivity contribution in [2.75, 3.05) is 17.9 Å². The number of halogens is 1. The van der Waals surface area contributed by atoms with Gasteiger partial charge < -0.3 is 9.84 Å². The number of aliphatic hydroxyl groups is 1. The lowest BCUT2D eigenvalue weighted by Crippen LogP contribution is -2.12. The van der Waals surface area contributed by atoms with E-state index in [2.05, 4.69) is 20.7 Å². The SMILES string of the molecule is O=S(=O)(Nc1cccc(Br)c1)c1ccc(OCCO)cc1. The molecule has 0 fully saturated rings. The topological polar surface area (TPSA) is 75.6 Å². The second kappa shape index (κ2) is 6.93. The summed E-state index contributed by atoms with van der Waals surface area (Å²) in [6, 6.07) is 12.9. The van der Waals surface area contributed by atoms with E-state index in [1.54, 1.807) is 30.3 Å². The maximum absolute atomic E-state index is 12.2. The van der Waals surface area contributed by atoms with E-state index >= 15 is 0 Å². The average molecular weight is 372 g/mol. The quantitative estimate of drug-likeness (QED) is 0.818.